The maximum atomic E-state index is 12.2. The number of benzene rings is 1. The van der Waals surface area contributed by atoms with E-state index in [2.05, 4.69) is 11.8 Å². The minimum atomic E-state index is -0.435. The van der Waals surface area contributed by atoms with Gasteiger partial charge < -0.3 is 9.47 Å². The minimum absolute atomic E-state index is 0.0458. The van der Waals surface area contributed by atoms with Crippen molar-refractivity contribution in [2.24, 2.45) is 0 Å². The van der Waals surface area contributed by atoms with Crippen molar-refractivity contribution in [1.29, 1.82) is 0 Å². The van der Waals surface area contributed by atoms with Crippen LogP contribution in [0.2, 0.25) is 5.02 Å². The molecule has 0 aromatic heterocycles. The van der Waals surface area contributed by atoms with Gasteiger partial charge in [-0.05, 0) is 42.5 Å². The summed E-state index contributed by atoms with van der Waals surface area (Å²) in [4.78, 5) is 25.3. The van der Waals surface area contributed by atoms with Crippen molar-refractivity contribution in [2.45, 2.75) is 6.92 Å². The summed E-state index contributed by atoms with van der Waals surface area (Å²) in [5.41, 5.74) is 0.590. The number of hydrogen-bond donors (Lipinski definition) is 0. The Hall–Kier alpha value is -2.54. The summed E-state index contributed by atoms with van der Waals surface area (Å²) in [5.74, 6) is 4.94. The number of rotatable bonds is 6. The molecule has 0 N–H and O–H groups in total. The highest BCUT2D eigenvalue weighted by atomic mass is 35.5. The van der Waals surface area contributed by atoms with Gasteiger partial charge in [-0.15, -0.1) is 12.8 Å². The van der Waals surface area contributed by atoms with Gasteiger partial charge in [0.05, 0.1) is 23.1 Å². The molecule has 0 atom stereocenters. The van der Waals surface area contributed by atoms with Crippen LogP contribution in [0.1, 0.15) is 12.5 Å². The van der Waals surface area contributed by atoms with Gasteiger partial charge in [-0.1, -0.05) is 23.4 Å². The Kier molecular flexibility index (Phi) is 6.41. The fraction of sp³-hybridized carbons (Fsp3) is 0.222. The first-order chi connectivity index (χ1) is 12.0. The number of amides is 2. The summed E-state index contributed by atoms with van der Waals surface area (Å²) in [6.45, 7) is 2.19. The fourth-order valence-corrected chi connectivity index (χ4v) is 3.18. The van der Waals surface area contributed by atoms with E-state index in [1.54, 1.807) is 18.2 Å². The molecule has 5 nitrogen and oxygen atoms in total. The van der Waals surface area contributed by atoms with Crippen LogP contribution in [0.3, 0.4) is 0 Å². The molecule has 1 aliphatic heterocycles. The Morgan fingerprint density at radius 1 is 1.28 bits per heavy atom. The van der Waals surface area contributed by atoms with Crippen LogP contribution < -0.4 is 9.47 Å². The molecule has 0 aliphatic carbocycles. The Balaban J connectivity index is 2.37. The van der Waals surface area contributed by atoms with E-state index >= 15 is 0 Å². The monoisotopic (exact) mass is 375 g/mol. The van der Waals surface area contributed by atoms with E-state index in [0.717, 1.165) is 16.7 Å². The summed E-state index contributed by atoms with van der Waals surface area (Å²) in [6, 6.07) is 3.27. The zero-order valence-electron chi connectivity index (χ0n) is 13.4. The Morgan fingerprint density at radius 2 is 2.04 bits per heavy atom. The largest absolute Gasteiger partial charge is 0.490 e. The van der Waals surface area contributed by atoms with Crippen molar-refractivity contribution in [3.63, 3.8) is 0 Å². The average molecular weight is 376 g/mol. The van der Waals surface area contributed by atoms with Crippen LogP contribution in [0.25, 0.3) is 6.08 Å². The second-order valence-electron chi connectivity index (χ2n) is 4.73. The van der Waals surface area contributed by atoms with Crippen molar-refractivity contribution in [2.75, 3.05) is 19.8 Å². The van der Waals surface area contributed by atoms with Crippen molar-refractivity contribution >= 4 is 40.6 Å². The lowest BCUT2D eigenvalue weighted by Gasteiger charge is -2.13. The highest BCUT2D eigenvalue weighted by Crippen LogP contribution is 2.39. The third kappa shape index (κ3) is 4.30. The molecule has 1 saturated heterocycles. The molecule has 7 heteroatoms. The summed E-state index contributed by atoms with van der Waals surface area (Å²) in [5, 5.41) is -0.116. The maximum absolute atomic E-state index is 12.2. The van der Waals surface area contributed by atoms with Gasteiger partial charge in [0.25, 0.3) is 11.1 Å². The molecule has 0 saturated carbocycles. The number of thioether (sulfide) groups is 1. The molecule has 0 unspecified atom stereocenters. The first kappa shape index (κ1) is 18.8. The number of ether oxygens (including phenoxy) is 2. The van der Waals surface area contributed by atoms with E-state index < -0.39 is 11.1 Å². The minimum Gasteiger partial charge on any atom is -0.490 e. The molecule has 25 heavy (non-hydrogen) atoms. The first-order valence-electron chi connectivity index (χ1n) is 7.23. The highest BCUT2D eigenvalue weighted by Gasteiger charge is 2.34. The summed E-state index contributed by atoms with van der Waals surface area (Å²) >= 11 is 7.06. The molecule has 2 rings (SSSR count). The fourth-order valence-electron chi connectivity index (χ4n) is 2.07. The number of hydrogen-bond acceptors (Lipinski definition) is 5. The third-order valence-corrected chi connectivity index (χ3v) is 4.24. The predicted octanol–water partition coefficient (Wildman–Crippen LogP) is 3.42. The Morgan fingerprint density at radius 3 is 2.68 bits per heavy atom. The predicted molar refractivity (Wildman–Crippen MR) is 98.5 cm³/mol. The first-order valence-corrected chi connectivity index (χ1v) is 8.42. The molecule has 128 valence electrons. The molecule has 1 aliphatic rings. The molecular formula is C18H14ClNO4S. The molecule has 1 aromatic carbocycles. The number of nitrogens with zero attached hydrogens (tertiary/aromatic N) is 1. The van der Waals surface area contributed by atoms with Crippen molar-refractivity contribution < 1.29 is 19.1 Å². The lowest BCUT2D eigenvalue weighted by atomic mass is 10.1. The van der Waals surface area contributed by atoms with E-state index in [4.69, 9.17) is 33.9 Å². The molecule has 0 bridgehead atoms. The molecule has 1 fully saturated rings. The third-order valence-electron chi connectivity index (χ3n) is 3.05. The summed E-state index contributed by atoms with van der Waals surface area (Å²) in [7, 11) is 0. The van der Waals surface area contributed by atoms with Gasteiger partial charge >= 0.3 is 0 Å². The van der Waals surface area contributed by atoms with Gasteiger partial charge in [0, 0.05) is 0 Å². The lowest BCUT2D eigenvalue weighted by molar-refractivity contribution is -0.122. The smallest absolute Gasteiger partial charge is 0.294 e. The van der Waals surface area contributed by atoms with Crippen molar-refractivity contribution in [3.8, 4) is 36.2 Å². The molecule has 1 heterocycles. The SMILES string of the molecule is C#CCOc1c(Cl)cc(/C=C2/SC(=O)N(CC#C)C2=O)cc1OCC. The van der Waals surface area contributed by atoms with E-state index in [1.807, 2.05) is 6.92 Å². The van der Waals surface area contributed by atoms with Crippen molar-refractivity contribution in [3.05, 3.63) is 27.6 Å². The highest BCUT2D eigenvalue weighted by molar-refractivity contribution is 8.18. The number of imide groups is 1. The van der Waals surface area contributed by atoms with Gasteiger partial charge in [-0.3, -0.25) is 14.5 Å². The number of terminal acetylenes is 2. The molecule has 1 aromatic rings. The number of carbonyl (C=O) groups is 2. The normalized spacial score (nSPS) is 15.2. The lowest BCUT2D eigenvalue weighted by Crippen LogP contribution is -2.28. The van der Waals surface area contributed by atoms with Crippen LogP contribution in [-0.2, 0) is 4.79 Å². The van der Waals surface area contributed by atoms with E-state index in [0.29, 0.717) is 23.7 Å². The van der Waals surface area contributed by atoms with Crippen molar-refractivity contribution in [1.82, 2.24) is 4.90 Å². The molecular weight excluding hydrogens is 362 g/mol. The summed E-state index contributed by atoms with van der Waals surface area (Å²) < 4.78 is 10.9. The van der Waals surface area contributed by atoms with Gasteiger partial charge in [0.1, 0.15) is 6.61 Å². The van der Waals surface area contributed by atoms with Crippen LogP contribution >= 0.6 is 23.4 Å². The van der Waals surface area contributed by atoms with Gasteiger partial charge in [-0.2, -0.15) is 0 Å². The van der Waals surface area contributed by atoms with Crippen LogP contribution in [0.15, 0.2) is 17.0 Å². The quantitative estimate of drug-likeness (QED) is 0.563. The van der Waals surface area contributed by atoms with E-state index in [9.17, 15) is 9.59 Å². The van der Waals surface area contributed by atoms with Crippen LogP contribution in [0, 0.1) is 24.7 Å². The zero-order chi connectivity index (χ0) is 18.4. The molecule has 2 amide bonds. The van der Waals surface area contributed by atoms with Gasteiger partial charge in [0.15, 0.2) is 11.5 Å². The Bertz CT molecular complexity index is 820. The zero-order valence-corrected chi connectivity index (χ0v) is 14.9. The summed E-state index contributed by atoms with van der Waals surface area (Å²) in [6.07, 6.45) is 11.9. The number of halogens is 1. The van der Waals surface area contributed by atoms with E-state index in [-0.39, 0.29) is 23.1 Å². The van der Waals surface area contributed by atoms with Crippen LogP contribution in [0.5, 0.6) is 11.5 Å². The number of carbonyl (C=O) groups excluding carboxylic acids is 2. The second kappa shape index (κ2) is 8.53. The van der Waals surface area contributed by atoms with E-state index in [1.165, 1.54) is 0 Å². The molecule has 0 spiro atoms. The Labute approximate surface area is 155 Å². The standard InChI is InChI=1S/C18H14ClNO4S/c1-4-7-20-17(21)15(25-18(20)22)11-12-9-13(19)16(24-8-5-2)14(10-12)23-6-3/h1-2,9-11H,6-8H2,3H3/b15-11+. The maximum Gasteiger partial charge on any atom is 0.294 e. The average Bonchev–Trinajstić information content (AvgIpc) is 2.82. The molecule has 0 radical (unpaired) electrons. The van der Waals surface area contributed by atoms with Crippen LogP contribution in [-0.4, -0.2) is 35.8 Å². The topological polar surface area (TPSA) is 55.8 Å². The van der Waals surface area contributed by atoms with Gasteiger partial charge in [0.2, 0.25) is 0 Å². The second-order valence-corrected chi connectivity index (χ2v) is 6.13. The van der Waals surface area contributed by atoms with Crippen LogP contribution in [0.4, 0.5) is 4.79 Å². The van der Waals surface area contributed by atoms with Gasteiger partial charge in [-0.25, -0.2) is 0 Å².